The number of hydrogen-bond donors (Lipinski definition) is 1. The second-order valence-electron chi connectivity index (χ2n) is 11.0. The van der Waals surface area contributed by atoms with Crippen molar-refractivity contribution in [3.63, 3.8) is 0 Å². The monoisotopic (exact) mass is 537 g/mol. The lowest BCUT2D eigenvalue weighted by Gasteiger charge is -2.24. The molecule has 1 aliphatic rings. The Morgan fingerprint density at radius 3 is 2.53 bits per heavy atom. The van der Waals surface area contributed by atoms with Gasteiger partial charge in [0.1, 0.15) is 18.2 Å². The van der Waals surface area contributed by atoms with Gasteiger partial charge in [-0.2, -0.15) is 5.10 Å². The molecule has 38 heavy (non-hydrogen) atoms. The van der Waals surface area contributed by atoms with E-state index in [2.05, 4.69) is 26.1 Å². The molecule has 0 saturated carbocycles. The van der Waals surface area contributed by atoms with Crippen LogP contribution in [-0.4, -0.2) is 66.0 Å². The summed E-state index contributed by atoms with van der Waals surface area (Å²) in [5, 5.41) is 7.65. The van der Waals surface area contributed by atoms with E-state index in [0.717, 1.165) is 28.1 Å². The van der Waals surface area contributed by atoms with Gasteiger partial charge in [-0.3, -0.25) is 14.5 Å². The van der Waals surface area contributed by atoms with Crippen LogP contribution in [0.4, 0.5) is 10.2 Å². The van der Waals surface area contributed by atoms with Crippen LogP contribution >= 0.6 is 11.8 Å². The topological polar surface area (TPSA) is 70.5 Å². The zero-order valence-corrected chi connectivity index (χ0v) is 23.7. The molecule has 1 N–H and O–H groups in total. The molecule has 7 nitrogen and oxygen atoms in total. The summed E-state index contributed by atoms with van der Waals surface area (Å²) in [7, 11) is 3.88. The Kier molecular flexibility index (Phi) is 8.28. The summed E-state index contributed by atoms with van der Waals surface area (Å²) in [6.45, 7) is 9.29. The highest BCUT2D eigenvalue weighted by atomic mass is 32.2. The van der Waals surface area contributed by atoms with Crippen LogP contribution < -0.4 is 10.2 Å². The van der Waals surface area contributed by atoms with Gasteiger partial charge in [0.15, 0.2) is 0 Å². The summed E-state index contributed by atoms with van der Waals surface area (Å²) in [6, 6.07) is 14.4. The predicted molar refractivity (Wildman–Crippen MR) is 152 cm³/mol. The first kappa shape index (κ1) is 27.9. The largest absolute Gasteiger partial charge is 0.353 e. The Balaban J connectivity index is 1.92. The molecule has 2 heterocycles. The zero-order chi connectivity index (χ0) is 27.6. The summed E-state index contributed by atoms with van der Waals surface area (Å²) >= 11 is 1.44. The third-order valence-corrected chi connectivity index (χ3v) is 7.67. The van der Waals surface area contributed by atoms with Crippen molar-refractivity contribution < 1.29 is 14.0 Å². The molecule has 1 atom stereocenters. The van der Waals surface area contributed by atoms with E-state index in [-0.39, 0.29) is 40.6 Å². The average molecular weight is 538 g/mol. The first-order valence-electron chi connectivity index (χ1n) is 12.7. The highest BCUT2D eigenvalue weighted by Gasteiger charge is 2.40. The maximum absolute atomic E-state index is 14.4. The van der Waals surface area contributed by atoms with E-state index in [1.54, 1.807) is 15.6 Å². The fraction of sp³-hybridized carbons (Fsp3) is 0.414. The number of nitrogens with zero attached hydrogens (tertiary/aromatic N) is 4. The van der Waals surface area contributed by atoms with Crippen molar-refractivity contribution in [1.29, 1.82) is 0 Å². The van der Waals surface area contributed by atoms with Gasteiger partial charge in [-0.05, 0) is 50.8 Å². The van der Waals surface area contributed by atoms with E-state index in [1.165, 1.54) is 23.9 Å². The molecule has 3 aromatic rings. The minimum Gasteiger partial charge on any atom is -0.353 e. The second-order valence-corrected chi connectivity index (χ2v) is 12.1. The van der Waals surface area contributed by atoms with Crippen LogP contribution in [0, 0.1) is 12.7 Å². The molecular formula is C29H36FN5O2S. The van der Waals surface area contributed by atoms with Gasteiger partial charge in [0.05, 0.1) is 22.4 Å². The Morgan fingerprint density at radius 1 is 1.18 bits per heavy atom. The van der Waals surface area contributed by atoms with Crippen molar-refractivity contribution in [1.82, 2.24) is 20.0 Å². The summed E-state index contributed by atoms with van der Waals surface area (Å²) in [5.74, 6) is -0.0504. The van der Waals surface area contributed by atoms with Gasteiger partial charge in [0.2, 0.25) is 11.8 Å². The van der Waals surface area contributed by atoms with Crippen molar-refractivity contribution in [3.05, 3.63) is 76.7 Å². The molecule has 0 saturated heterocycles. The normalized spacial score (nSPS) is 15.9. The van der Waals surface area contributed by atoms with E-state index in [1.807, 2.05) is 56.3 Å². The lowest BCUT2D eigenvalue weighted by atomic mass is 9.87. The van der Waals surface area contributed by atoms with Gasteiger partial charge in [-0.15, -0.1) is 11.8 Å². The smallest absolute Gasteiger partial charge is 0.240 e. The minimum absolute atomic E-state index is 0.128. The second kappa shape index (κ2) is 11.3. The highest BCUT2D eigenvalue weighted by Crippen LogP contribution is 2.48. The van der Waals surface area contributed by atoms with Gasteiger partial charge in [0, 0.05) is 24.1 Å². The fourth-order valence-corrected chi connectivity index (χ4v) is 5.68. The number of benzene rings is 2. The standard InChI is InChI=1S/C29H36FN5O2S/c1-19-10-12-22(13-11-19)35-28-25(27(32-35)29(2,3)4)26(20-8-7-9-21(30)16-20)38-18-24(37)34(28)17-23(36)31-14-15-33(5)6/h7-13,16,26H,14-15,17-18H2,1-6H3,(H,31,36)/t26-/m0/s1. The average Bonchev–Trinajstić information content (AvgIpc) is 3.17. The van der Waals surface area contributed by atoms with Crippen molar-refractivity contribution in [2.24, 2.45) is 0 Å². The summed E-state index contributed by atoms with van der Waals surface area (Å²) in [6.07, 6.45) is 0. The molecule has 4 rings (SSSR count). The third-order valence-electron chi connectivity index (χ3n) is 6.41. The zero-order valence-electron chi connectivity index (χ0n) is 22.9. The number of halogens is 1. The number of rotatable bonds is 7. The number of carbonyl (C=O) groups excluding carboxylic acids is 2. The number of amides is 2. The molecule has 0 aliphatic carbocycles. The maximum atomic E-state index is 14.4. The van der Waals surface area contributed by atoms with Crippen molar-refractivity contribution >= 4 is 29.4 Å². The fourth-order valence-electron chi connectivity index (χ4n) is 4.49. The van der Waals surface area contributed by atoms with E-state index in [0.29, 0.717) is 18.9 Å². The number of aryl methyl sites for hydroxylation is 1. The number of carbonyl (C=O) groups is 2. The Bertz CT molecular complexity index is 1310. The quantitative estimate of drug-likeness (QED) is 0.482. The molecular weight excluding hydrogens is 501 g/mol. The summed E-state index contributed by atoms with van der Waals surface area (Å²) in [4.78, 5) is 30.2. The number of nitrogens with one attached hydrogen (secondary N) is 1. The minimum atomic E-state index is -0.376. The molecule has 1 aliphatic heterocycles. The molecule has 1 aromatic heterocycles. The number of aromatic nitrogens is 2. The van der Waals surface area contributed by atoms with Crippen LogP contribution in [0.5, 0.6) is 0 Å². The number of thioether (sulfide) groups is 1. The van der Waals surface area contributed by atoms with Gasteiger partial charge in [-0.1, -0.05) is 50.6 Å². The van der Waals surface area contributed by atoms with Crippen LogP contribution in [0.1, 0.15) is 48.4 Å². The van der Waals surface area contributed by atoms with E-state index >= 15 is 0 Å². The summed E-state index contributed by atoms with van der Waals surface area (Å²) in [5.41, 5.74) is 3.92. The summed E-state index contributed by atoms with van der Waals surface area (Å²) < 4.78 is 16.2. The number of hydrogen-bond acceptors (Lipinski definition) is 5. The number of anilines is 1. The Hall–Kier alpha value is -3.17. The molecule has 0 fully saturated rings. The van der Waals surface area contributed by atoms with E-state index in [4.69, 9.17) is 5.10 Å². The van der Waals surface area contributed by atoms with Gasteiger partial charge in [0.25, 0.3) is 0 Å². The third kappa shape index (κ3) is 6.10. The molecule has 0 radical (unpaired) electrons. The predicted octanol–water partition coefficient (Wildman–Crippen LogP) is 4.46. The molecule has 0 spiro atoms. The van der Waals surface area contributed by atoms with Crippen LogP contribution in [0.3, 0.4) is 0 Å². The molecule has 9 heteroatoms. The maximum Gasteiger partial charge on any atom is 0.240 e. The Morgan fingerprint density at radius 2 is 1.89 bits per heavy atom. The van der Waals surface area contributed by atoms with E-state index < -0.39 is 0 Å². The van der Waals surface area contributed by atoms with Gasteiger partial charge >= 0.3 is 0 Å². The molecule has 0 unspecified atom stereocenters. The number of likely N-dealkylation sites (N-methyl/N-ethyl adjacent to an activating group) is 1. The molecule has 202 valence electrons. The van der Waals surface area contributed by atoms with Crippen LogP contribution in [0.25, 0.3) is 5.69 Å². The Labute approximate surface area is 228 Å². The SMILES string of the molecule is Cc1ccc(-n2nc(C(C)(C)C)c3c2N(CC(=O)NCCN(C)C)C(=O)CS[C@H]3c2cccc(F)c2)cc1. The van der Waals surface area contributed by atoms with Crippen molar-refractivity contribution in [2.45, 2.75) is 38.4 Å². The van der Waals surface area contributed by atoms with Crippen LogP contribution in [0.2, 0.25) is 0 Å². The first-order chi connectivity index (χ1) is 18.0. The first-order valence-corrected chi connectivity index (χ1v) is 13.8. The van der Waals surface area contributed by atoms with Gasteiger partial charge < -0.3 is 10.2 Å². The van der Waals surface area contributed by atoms with Crippen molar-refractivity contribution in [2.75, 3.05) is 44.4 Å². The van der Waals surface area contributed by atoms with Crippen LogP contribution in [0.15, 0.2) is 48.5 Å². The molecule has 2 aromatic carbocycles. The lowest BCUT2D eigenvalue weighted by molar-refractivity contribution is -0.122. The van der Waals surface area contributed by atoms with E-state index in [9.17, 15) is 14.0 Å². The van der Waals surface area contributed by atoms with Crippen molar-refractivity contribution in [3.8, 4) is 5.69 Å². The van der Waals surface area contributed by atoms with Gasteiger partial charge in [-0.25, -0.2) is 9.07 Å². The van der Waals surface area contributed by atoms with Crippen LogP contribution in [-0.2, 0) is 15.0 Å². The molecule has 2 amide bonds. The highest BCUT2D eigenvalue weighted by molar-refractivity contribution is 8.00. The molecule has 0 bridgehead atoms. The number of fused-ring (bicyclic) bond motifs is 1. The lowest BCUT2D eigenvalue weighted by Crippen LogP contribution is -2.43.